The second kappa shape index (κ2) is 8.85. The monoisotopic (exact) mass is 427 g/mol. The molecule has 0 saturated heterocycles. The molecule has 2 N–H and O–H groups in total. The van der Waals surface area contributed by atoms with Crippen LogP contribution in [0.4, 0.5) is 0 Å². The highest BCUT2D eigenvalue weighted by Gasteiger charge is 2.18. The van der Waals surface area contributed by atoms with Gasteiger partial charge in [-0.3, -0.25) is 9.59 Å². The Hall–Kier alpha value is -4.26. The molecule has 1 unspecified atom stereocenters. The van der Waals surface area contributed by atoms with E-state index < -0.39 is 17.4 Å². The molecule has 0 fully saturated rings. The molecule has 1 aromatic heterocycles. The van der Waals surface area contributed by atoms with Crippen molar-refractivity contribution < 1.29 is 14.7 Å². The standard InChI is InChI=1S/C25H21N3O4/c1-16(17-11-13-19(14-12-17)18-7-3-2-4-8-18)26-22(29)15-28-24(30)21-10-6-5-9-20(21)23(27-28)25(31)32/h2-14,16H,15H2,1H3,(H,26,29)(H,31,32). The number of carbonyl (C=O) groups excluding carboxylic acids is 1. The summed E-state index contributed by atoms with van der Waals surface area (Å²) in [6.07, 6.45) is 0. The molecule has 0 bridgehead atoms. The number of rotatable bonds is 6. The maximum Gasteiger partial charge on any atom is 0.357 e. The van der Waals surface area contributed by atoms with E-state index in [1.165, 1.54) is 12.1 Å². The Morgan fingerprint density at radius 1 is 0.906 bits per heavy atom. The van der Waals surface area contributed by atoms with E-state index in [-0.39, 0.29) is 29.1 Å². The number of nitrogens with zero attached hydrogens (tertiary/aromatic N) is 2. The second-order valence-corrected chi connectivity index (χ2v) is 7.44. The van der Waals surface area contributed by atoms with E-state index >= 15 is 0 Å². The van der Waals surface area contributed by atoms with E-state index in [9.17, 15) is 19.5 Å². The minimum absolute atomic E-state index is 0.206. The second-order valence-electron chi connectivity index (χ2n) is 7.44. The first-order chi connectivity index (χ1) is 15.4. The number of carboxylic acids is 1. The highest BCUT2D eigenvalue weighted by atomic mass is 16.4. The van der Waals surface area contributed by atoms with Gasteiger partial charge >= 0.3 is 5.97 Å². The van der Waals surface area contributed by atoms with Crippen LogP contribution < -0.4 is 10.9 Å². The first-order valence-electron chi connectivity index (χ1n) is 10.1. The lowest BCUT2D eigenvalue weighted by Crippen LogP contribution is -2.35. The molecule has 0 saturated carbocycles. The van der Waals surface area contributed by atoms with Crippen molar-refractivity contribution in [2.75, 3.05) is 0 Å². The summed E-state index contributed by atoms with van der Waals surface area (Å²) >= 11 is 0. The normalized spacial score (nSPS) is 11.8. The molecular formula is C25H21N3O4. The van der Waals surface area contributed by atoms with Crippen LogP contribution in [0, 0.1) is 0 Å². The first kappa shape index (κ1) is 21.0. The lowest BCUT2D eigenvalue weighted by Gasteiger charge is -2.16. The summed E-state index contributed by atoms with van der Waals surface area (Å²) in [5.74, 6) is -1.70. The van der Waals surface area contributed by atoms with Crippen LogP contribution in [0.5, 0.6) is 0 Å². The molecule has 32 heavy (non-hydrogen) atoms. The van der Waals surface area contributed by atoms with Crippen molar-refractivity contribution in [2.45, 2.75) is 19.5 Å². The highest BCUT2D eigenvalue weighted by molar-refractivity contribution is 6.01. The van der Waals surface area contributed by atoms with Gasteiger partial charge in [0.1, 0.15) is 6.54 Å². The fourth-order valence-electron chi connectivity index (χ4n) is 3.60. The molecule has 1 heterocycles. The molecule has 7 nitrogen and oxygen atoms in total. The van der Waals surface area contributed by atoms with Crippen molar-refractivity contribution in [1.82, 2.24) is 15.1 Å². The summed E-state index contributed by atoms with van der Waals surface area (Å²) in [5.41, 5.74) is 2.30. The number of fused-ring (bicyclic) bond motifs is 1. The van der Waals surface area contributed by atoms with Gasteiger partial charge in [-0.25, -0.2) is 9.48 Å². The number of carbonyl (C=O) groups is 2. The lowest BCUT2D eigenvalue weighted by molar-refractivity contribution is -0.122. The number of carboxylic acid groups (broad SMARTS) is 1. The van der Waals surface area contributed by atoms with Gasteiger partial charge in [0, 0.05) is 5.39 Å². The average molecular weight is 427 g/mol. The fourth-order valence-corrected chi connectivity index (χ4v) is 3.60. The van der Waals surface area contributed by atoms with Gasteiger partial charge in [-0.05, 0) is 29.7 Å². The average Bonchev–Trinajstić information content (AvgIpc) is 2.81. The van der Waals surface area contributed by atoms with Crippen LogP contribution in [0.15, 0.2) is 83.7 Å². The van der Waals surface area contributed by atoms with Crippen molar-refractivity contribution in [2.24, 2.45) is 0 Å². The number of hydrogen-bond donors (Lipinski definition) is 2. The summed E-state index contributed by atoms with van der Waals surface area (Å²) < 4.78 is 0.895. The molecule has 0 aliphatic rings. The summed E-state index contributed by atoms with van der Waals surface area (Å²) in [6, 6.07) is 23.9. The zero-order chi connectivity index (χ0) is 22.7. The van der Waals surface area contributed by atoms with Crippen molar-refractivity contribution >= 4 is 22.6 Å². The minimum atomic E-state index is -1.26. The van der Waals surface area contributed by atoms with Crippen LogP contribution in [-0.4, -0.2) is 26.8 Å². The van der Waals surface area contributed by atoms with E-state index in [1.807, 2.05) is 61.5 Å². The Morgan fingerprint density at radius 2 is 1.50 bits per heavy atom. The van der Waals surface area contributed by atoms with Gasteiger partial charge in [0.25, 0.3) is 5.56 Å². The number of aromatic carboxylic acids is 1. The van der Waals surface area contributed by atoms with Gasteiger partial charge < -0.3 is 10.4 Å². The van der Waals surface area contributed by atoms with Crippen molar-refractivity contribution in [3.63, 3.8) is 0 Å². The van der Waals surface area contributed by atoms with E-state index in [2.05, 4.69) is 10.4 Å². The third-order valence-electron chi connectivity index (χ3n) is 5.26. The number of nitrogens with one attached hydrogen (secondary N) is 1. The van der Waals surface area contributed by atoms with Crippen LogP contribution in [0.2, 0.25) is 0 Å². The minimum Gasteiger partial charge on any atom is -0.476 e. The number of aromatic nitrogens is 2. The summed E-state index contributed by atoms with van der Waals surface area (Å²) in [7, 11) is 0. The zero-order valence-electron chi connectivity index (χ0n) is 17.4. The van der Waals surface area contributed by atoms with Crippen molar-refractivity contribution in [1.29, 1.82) is 0 Å². The van der Waals surface area contributed by atoms with E-state index in [4.69, 9.17) is 0 Å². The van der Waals surface area contributed by atoms with Gasteiger partial charge in [0.2, 0.25) is 5.91 Å². The Morgan fingerprint density at radius 3 is 2.16 bits per heavy atom. The third-order valence-corrected chi connectivity index (χ3v) is 5.26. The van der Waals surface area contributed by atoms with Crippen LogP contribution in [0.1, 0.15) is 29.0 Å². The predicted molar refractivity (Wildman–Crippen MR) is 121 cm³/mol. The van der Waals surface area contributed by atoms with E-state index in [0.717, 1.165) is 21.4 Å². The quantitative estimate of drug-likeness (QED) is 0.489. The first-order valence-corrected chi connectivity index (χ1v) is 10.1. The lowest BCUT2D eigenvalue weighted by atomic mass is 10.0. The topological polar surface area (TPSA) is 101 Å². The molecule has 7 heteroatoms. The Balaban J connectivity index is 1.51. The van der Waals surface area contributed by atoms with Crippen molar-refractivity contribution in [3.05, 3.63) is 100 Å². The van der Waals surface area contributed by atoms with Crippen LogP contribution in [0.3, 0.4) is 0 Å². The maximum atomic E-state index is 12.7. The Labute approximate surface area is 183 Å². The number of hydrogen-bond acceptors (Lipinski definition) is 4. The molecule has 0 radical (unpaired) electrons. The van der Waals surface area contributed by atoms with Crippen LogP contribution in [-0.2, 0) is 11.3 Å². The molecule has 1 amide bonds. The van der Waals surface area contributed by atoms with Crippen molar-refractivity contribution in [3.8, 4) is 11.1 Å². The summed E-state index contributed by atoms with van der Waals surface area (Å²) in [6.45, 7) is 1.46. The molecule has 0 aliphatic heterocycles. The van der Waals surface area contributed by atoms with Gasteiger partial charge in [-0.15, -0.1) is 0 Å². The molecule has 0 aliphatic carbocycles. The molecule has 4 aromatic rings. The van der Waals surface area contributed by atoms with E-state index in [0.29, 0.717) is 0 Å². The highest BCUT2D eigenvalue weighted by Crippen LogP contribution is 2.21. The van der Waals surface area contributed by atoms with Crippen LogP contribution >= 0.6 is 0 Å². The third kappa shape index (κ3) is 4.27. The largest absolute Gasteiger partial charge is 0.476 e. The number of amides is 1. The fraction of sp³-hybridized carbons (Fsp3) is 0.120. The molecule has 1 atom stereocenters. The SMILES string of the molecule is CC(NC(=O)Cn1nc(C(=O)O)c2ccccc2c1=O)c1ccc(-c2ccccc2)cc1. The molecule has 3 aromatic carbocycles. The number of benzene rings is 3. The summed E-state index contributed by atoms with van der Waals surface area (Å²) in [4.78, 5) is 36.9. The van der Waals surface area contributed by atoms with E-state index in [1.54, 1.807) is 12.1 Å². The van der Waals surface area contributed by atoms with Crippen LogP contribution in [0.25, 0.3) is 21.9 Å². The zero-order valence-corrected chi connectivity index (χ0v) is 17.4. The molecule has 4 rings (SSSR count). The Bertz CT molecular complexity index is 1350. The summed E-state index contributed by atoms with van der Waals surface area (Å²) in [5, 5.41) is 16.7. The maximum absolute atomic E-state index is 12.7. The molecule has 0 spiro atoms. The van der Waals surface area contributed by atoms with Gasteiger partial charge in [-0.1, -0.05) is 72.8 Å². The Kier molecular flexibility index (Phi) is 5.81. The molecular weight excluding hydrogens is 406 g/mol. The predicted octanol–water partition coefficient (Wildman–Crippen LogP) is 3.64. The van der Waals surface area contributed by atoms with Gasteiger partial charge in [0.05, 0.1) is 11.4 Å². The van der Waals surface area contributed by atoms with Gasteiger partial charge in [-0.2, -0.15) is 5.10 Å². The smallest absolute Gasteiger partial charge is 0.357 e. The molecule has 160 valence electrons. The van der Waals surface area contributed by atoms with Gasteiger partial charge in [0.15, 0.2) is 5.69 Å².